The maximum atomic E-state index is 12.5. The normalized spacial score (nSPS) is 21.6. The third-order valence-corrected chi connectivity index (χ3v) is 4.22. The first-order chi connectivity index (χ1) is 11.6. The van der Waals surface area contributed by atoms with Crippen molar-refractivity contribution in [1.29, 1.82) is 0 Å². The quantitative estimate of drug-likeness (QED) is 0.646. The highest BCUT2D eigenvalue weighted by atomic mass is 16.3. The van der Waals surface area contributed by atoms with Crippen LogP contribution >= 0.6 is 0 Å². The maximum Gasteiger partial charge on any atom is 0.239 e. The molecule has 1 amide bonds. The average molecular weight is 330 g/mol. The van der Waals surface area contributed by atoms with E-state index in [0.717, 1.165) is 11.4 Å². The highest BCUT2D eigenvalue weighted by Crippen LogP contribution is 2.29. The van der Waals surface area contributed by atoms with Gasteiger partial charge in [0.15, 0.2) is 0 Å². The number of benzene rings is 1. The van der Waals surface area contributed by atoms with Crippen LogP contribution in [0.15, 0.2) is 30.6 Å². The molecule has 8 heteroatoms. The van der Waals surface area contributed by atoms with Crippen LogP contribution in [0.2, 0.25) is 0 Å². The fourth-order valence-electron chi connectivity index (χ4n) is 2.94. The number of phenolic OH excluding ortho intramolecular Hbond substituents is 1. The second-order valence-corrected chi connectivity index (χ2v) is 5.85. The van der Waals surface area contributed by atoms with Gasteiger partial charge in [-0.1, -0.05) is 18.2 Å². The molecular weight excluding hydrogens is 308 g/mol. The molecule has 0 spiro atoms. The number of amides is 1. The lowest BCUT2D eigenvalue weighted by Crippen LogP contribution is -2.44. The molecule has 24 heavy (non-hydrogen) atoms. The van der Waals surface area contributed by atoms with Crippen molar-refractivity contribution in [2.75, 3.05) is 0 Å². The number of hydrogen-bond acceptors (Lipinski definition) is 6. The van der Waals surface area contributed by atoms with E-state index in [1.807, 2.05) is 26.0 Å². The Bertz CT molecular complexity index is 716. The van der Waals surface area contributed by atoms with Crippen LogP contribution in [0, 0.1) is 0 Å². The van der Waals surface area contributed by atoms with Gasteiger partial charge in [-0.3, -0.25) is 4.79 Å². The van der Waals surface area contributed by atoms with E-state index >= 15 is 0 Å². The molecule has 3 rings (SSSR count). The molecular formula is C16H22N6O2. The number of phenols is 1. The minimum absolute atomic E-state index is 0.112. The highest BCUT2D eigenvalue weighted by molar-refractivity contribution is 5.82. The van der Waals surface area contributed by atoms with Gasteiger partial charge in [0.2, 0.25) is 5.91 Å². The van der Waals surface area contributed by atoms with Crippen LogP contribution in [0.3, 0.4) is 0 Å². The van der Waals surface area contributed by atoms with Gasteiger partial charge in [-0.25, -0.2) is 20.5 Å². The smallest absolute Gasteiger partial charge is 0.239 e. The summed E-state index contributed by atoms with van der Waals surface area (Å²) in [6, 6.07) is 6.41. The standard InChI is InChI=1S/C16H22N6O2/c1-3-22-15(17-9-18-22)10(2)19-16(24)13-8-12(20-21-13)11-6-4-5-7-14(11)23/h4-7,9-10,12-13,20-21,23H,3,8H2,1-2H3,(H,19,24). The molecule has 8 nitrogen and oxygen atoms in total. The Balaban J connectivity index is 1.62. The minimum Gasteiger partial charge on any atom is -0.508 e. The zero-order chi connectivity index (χ0) is 17.1. The molecule has 0 radical (unpaired) electrons. The fourth-order valence-corrected chi connectivity index (χ4v) is 2.94. The van der Waals surface area contributed by atoms with E-state index in [4.69, 9.17) is 0 Å². The average Bonchev–Trinajstić information content (AvgIpc) is 3.24. The Labute approximate surface area is 140 Å². The Kier molecular flexibility index (Phi) is 4.77. The van der Waals surface area contributed by atoms with Crippen LogP contribution in [-0.4, -0.2) is 31.8 Å². The van der Waals surface area contributed by atoms with Gasteiger partial charge >= 0.3 is 0 Å². The van der Waals surface area contributed by atoms with Crippen molar-refractivity contribution < 1.29 is 9.90 Å². The van der Waals surface area contributed by atoms with E-state index in [2.05, 4.69) is 26.3 Å². The Morgan fingerprint density at radius 2 is 2.25 bits per heavy atom. The van der Waals surface area contributed by atoms with Gasteiger partial charge < -0.3 is 10.4 Å². The lowest BCUT2D eigenvalue weighted by Gasteiger charge is -2.16. The minimum atomic E-state index is -0.380. The fraction of sp³-hybridized carbons (Fsp3) is 0.438. The Morgan fingerprint density at radius 1 is 1.46 bits per heavy atom. The number of hydrazine groups is 1. The first kappa shape index (κ1) is 16.4. The van der Waals surface area contributed by atoms with E-state index in [9.17, 15) is 9.90 Å². The first-order valence-electron chi connectivity index (χ1n) is 8.07. The molecule has 1 saturated heterocycles. The molecule has 1 aromatic carbocycles. The van der Waals surface area contributed by atoms with Gasteiger partial charge in [0.05, 0.1) is 12.1 Å². The summed E-state index contributed by atoms with van der Waals surface area (Å²) in [5.74, 6) is 0.843. The molecule has 128 valence electrons. The Morgan fingerprint density at radius 3 is 3.00 bits per heavy atom. The second-order valence-electron chi connectivity index (χ2n) is 5.85. The summed E-state index contributed by atoms with van der Waals surface area (Å²) in [4.78, 5) is 16.7. The highest BCUT2D eigenvalue weighted by Gasteiger charge is 2.32. The van der Waals surface area contributed by atoms with Gasteiger partial charge in [0, 0.05) is 12.1 Å². The van der Waals surface area contributed by atoms with Gasteiger partial charge in [-0.2, -0.15) is 5.10 Å². The molecule has 2 aromatic rings. The second kappa shape index (κ2) is 6.98. The van der Waals surface area contributed by atoms with Crippen LogP contribution in [0.25, 0.3) is 0 Å². The molecule has 1 fully saturated rings. The van der Waals surface area contributed by atoms with Crippen LogP contribution in [0.1, 0.15) is 43.7 Å². The summed E-state index contributed by atoms with van der Waals surface area (Å²) in [7, 11) is 0. The number of carbonyl (C=O) groups is 1. The summed E-state index contributed by atoms with van der Waals surface area (Å²) < 4.78 is 1.76. The maximum absolute atomic E-state index is 12.5. The largest absolute Gasteiger partial charge is 0.508 e. The third kappa shape index (κ3) is 3.24. The number of nitrogens with one attached hydrogen (secondary N) is 3. The van der Waals surface area contributed by atoms with Crippen molar-refractivity contribution in [3.8, 4) is 5.75 Å². The number of para-hydroxylation sites is 1. The summed E-state index contributed by atoms with van der Waals surface area (Å²) in [6.07, 6.45) is 2.04. The zero-order valence-electron chi connectivity index (χ0n) is 13.7. The van der Waals surface area contributed by atoms with Gasteiger partial charge in [0.25, 0.3) is 0 Å². The summed E-state index contributed by atoms with van der Waals surface area (Å²) in [6.45, 7) is 4.57. The molecule has 1 aliphatic heterocycles. The van der Waals surface area contributed by atoms with Crippen LogP contribution < -0.4 is 16.2 Å². The summed E-state index contributed by atoms with van der Waals surface area (Å²) >= 11 is 0. The number of nitrogens with zero attached hydrogens (tertiary/aromatic N) is 3. The van der Waals surface area contributed by atoms with E-state index in [-0.39, 0.29) is 29.8 Å². The van der Waals surface area contributed by atoms with Crippen molar-refractivity contribution in [1.82, 2.24) is 30.9 Å². The van der Waals surface area contributed by atoms with Crippen molar-refractivity contribution in [3.63, 3.8) is 0 Å². The molecule has 3 atom stereocenters. The SMILES string of the molecule is CCn1ncnc1C(C)NC(=O)C1CC(c2ccccc2O)NN1. The molecule has 0 aliphatic carbocycles. The van der Waals surface area contributed by atoms with E-state index in [0.29, 0.717) is 13.0 Å². The molecule has 1 aromatic heterocycles. The number of rotatable bonds is 5. The van der Waals surface area contributed by atoms with Crippen molar-refractivity contribution in [2.45, 2.75) is 44.9 Å². The van der Waals surface area contributed by atoms with Crippen molar-refractivity contribution in [3.05, 3.63) is 42.0 Å². The monoisotopic (exact) mass is 330 g/mol. The third-order valence-electron chi connectivity index (χ3n) is 4.22. The lowest BCUT2D eigenvalue weighted by atomic mass is 10.0. The first-order valence-corrected chi connectivity index (χ1v) is 8.07. The number of hydrogen-bond donors (Lipinski definition) is 4. The number of aromatic hydroxyl groups is 1. The van der Waals surface area contributed by atoms with Crippen LogP contribution in [-0.2, 0) is 11.3 Å². The van der Waals surface area contributed by atoms with Crippen LogP contribution in [0.5, 0.6) is 5.75 Å². The van der Waals surface area contributed by atoms with Crippen molar-refractivity contribution >= 4 is 5.91 Å². The van der Waals surface area contributed by atoms with Crippen LogP contribution in [0.4, 0.5) is 0 Å². The van der Waals surface area contributed by atoms with E-state index in [1.54, 1.807) is 16.8 Å². The Hall–Kier alpha value is -2.45. The molecule has 2 heterocycles. The molecule has 1 aliphatic rings. The molecule has 0 bridgehead atoms. The molecule has 0 saturated carbocycles. The predicted molar refractivity (Wildman–Crippen MR) is 87.8 cm³/mol. The number of aryl methyl sites for hydroxylation is 1. The van der Waals surface area contributed by atoms with E-state index < -0.39 is 0 Å². The van der Waals surface area contributed by atoms with Crippen molar-refractivity contribution in [2.24, 2.45) is 0 Å². The molecule has 3 unspecified atom stereocenters. The zero-order valence-corrected chi connectivity index (χ0v) is 13.7. The summed E-state index contributed by atoms with van der Waals surface area (Å²) in [5.41, 5.74) is 6.84. The van der Waals surface area contributed by atoms with E-state index in [1.165, 1.54) is 6.33 Å². The van der Waals surface area contributed by atoms with Gasteiger partial charge in [-0.15, -0.1) is 0 Å². The summed E-state index contributed by atoms with van der Waals surface area (Å²) in [5, 5.41) is 17.0. The topological polar surface area (TPSA) is 104 Å². The number of carbonyl (C=O) groups excluding carboxylic acids is 1. The van der Waals surface area contributed by atoms with Gasteiger partial charge in [-0.05, 0) is 26.3 Å². The number of aromatic nitrogens is 3. The molecule has 4 N–H and O–H groups in total. The van der Waals surface area contributed by atoms with Gasteiger partial charge in [0.1, 0.15) is 23.9 Å². The predicted octanol–water partition coefficient (Wildman–Crippen LogP) is 0.789. The lowest BCUT2D eigenvalue weighted by molar-refractivity contribution is -0.123.